The molecule has 33 heavy (non-hydrogen) atoms. The number of imide groups is 1. The largest absolute Gasteiger partial charge is 0.332 e. The molecule has 0 unspecified atom stereocenters. The number of hydrogen-bond donors (Lipinski definition) is 0. The molecule has 0 bridgehead atoms. The van der Waals surface area contributed by atoms with Crippen LogP contribution in [0, 0.1) is 23.5 Å². The summed E-state index contributed by atoms with van der Waals surface area (Å²) >= 11 is 0. The number of hydrogen-bond acceptors (Lipinski definition) is 3. The van der Waals surface area contributed by atoms with Gasteiger partial charge in [-0.1, -0.05) is 30.0 Å². The van der Waals surface area contributed by atoms with Gasteiger partial charge in [0.25, 0.3) is 0 Å². The highest BCUT2D eigenvalue weighted by Crippen LogP contribution is 2.39. The lowest BCUT2D eigenvalue weighted by Crippen LogP contribution is -2.61. The molecule has 2 aromatic carbocycles. The van der Waals surface area contributed by atoms with Crippen LogP contribution in [0.3, 0.4) is 0 Å². The first-order valence-electron chi connectivity index (χ1n) is 10.4. The molecule has 2 heterocycles. The van der Waals surface area contributed by atoms with Gasteiger partial charge in [0.2, 0.25) is 5.91 Å². The van der Waals surface area contributed by atoms with Crippen molar-refractivity contribution >= 4 is 17.6 Å². The quantitative estimate of drug-likeness (QED) is 0.565. The second-order valence-corrected chi connectivity index (χ2v) is 8.01. The van der Waals surface area contributed by atoms with Crippen molar-refractivity contribution in [3.63, 3.8) is 0 Å². The Bertz CT molecular complexity index is 1270. The summed E-state index contributed by atoms with van der Waals surface area (Å²) in [5.74, 6) is 2.78. The molecule has 1 fully saturated rings. The van der Waals surface area contributed by atoms with E-state index < -0.39 is 34.8 Å². The van der Waals surface area contributed by atoms with E-state index in [-0.39, 0.29) is 18.5 Å². The number of halogens is 2. The van der Waals surface area contributed by atoms with Gasteiger partial charge in [-0.3, -0.25) is 9.48 Å². The minimum absolute atomic E-state index is 0.0991. The van der Waals surface area contributed by atoms with E-state index in [2.05, 4.69) is 16.9 Å². The van der Waals surface area contributed by atoms with E-state index in [4.69, 9.17) is 0 Å². The normalized spacial score (nSPS) is 18.3. The van der Waals surface area contributed by atoms with Gasteiger partial charge in [-0.15, -0.1) is 0 Å². The Labute approximate surface area is 190 Å². The molecule has 1 aromatic heterocycles. The third-order valence-electron chi connectivity index (χ3n) is 5.77. The first kappa shape index (κ1) is 22.2. The number of amides is 3. The van der Waals surface area contributed by atoms with Gasteiger partial charge in [0, 0.05) is 36.5 Å². The fourth-order valence-corrected chi connectivity index (χ4v) is 4.09. The topological polar surface area (TPSA) is 58.4 Å². The number of aryl methyl sites for hydroxylation is 1. The summed E-state index contributed by atoms with van der Waals surface area (Å²) in [4.78, 5) is 28.4. The van der Waals surface area contributed by atoms with Crippen LogP contribution in [0.5, 0.6) is 0 Å². The molecule has 1 atom stereocenters. The second kappa shape index (κ2) is 8.51. The summed E-state index contributed by atoms with van der Waals surface area (Å²) in [6, 6.07) is 10.3. The Morgan fingerprint density at radius 3 is 2.27 bits per heavy atom. The maximum Gasteiger partial charge on any atom is 0.332 e. The molecule has 8 heteroatoms. The molecule has 3 aromatic rings. The number of nitrogens with zero attached hydrogens (tertiary/aromatic N) is 4. The number of carbonyl (C=O) groups is 2. The van der Waals surface area contributed by atoms with E-state index in [0.717, 1.165) is 12.1 Å². The van der Waals surface area contributed by atoms with Gasteiger partial charge in [0.15, 0.2) is 11.6 Å². The molecule has 4 rings (SSSR count). The van der Waals surface area contributed by atoms with Crippen molar-refractivity contribution in [1.29, 1.82) is 0 Å². The summed E-state index contributed by atoms with van der Waals surface area (Å²) in [5, 5.41) is 4.13. The third-order valence-corrected chi connectivity index (χ3v) is 5.77. The first-order valence-corrected chi connectivity index (χ1v) is 10.4. The number of rotatable bonds is 3. The van der Waals surface area contributed by atoms with Gasteiger partial charge in [-0.05, 0) is 38.1 Å². The molecule has 6 nitrogen and oxygen atoms in total. The Morgan fingerprint density at radius 1 is 1.06 bits per heavy atom. The summed E-state index contributed by atoms with van der Waals surface area (Å²) in [7, 11) is 1.73. The van der Waals surface area contributed by atoms with Crippen molar-refractivity contribution in [2.75, 3.05) is 11.4 Å². The molecule has 1 aliphatic rings. The van der Waals surface area contributed by atoms with Gasteiger partial charge in [0.05, 0.1) is 18.2 Å². The first-order chi connectivity index (χ1) is 15.7. The predicted molar refractivity (Wildman–Crippen MR) is 119 cm³/mol. The van der Waals surface area contributed by atoms with Crippen LogP contribution in [0.25, 0.3) is 0 Å². The number of carbonyl (C=O) groups excluding carboxylic acids is 2. The minimum Gasteiger partial charge on any atom is -0.314 e. The SMILES string of the molecule is CCN1C(=O)N(c2c(F)cc(C#Cc3ccccc3)cc2F)C(=O)C[C@@]1(C)c1cnn(C)c1. The third kappa shape index (κ3) is 3.98. The van der Waals surface area contributed by atoms with Crippen LogP contribution >= 0.6 is 0 Å². The molecular weight excluding hydrogens is 426 g/mol. The Balaban J connectivity index is 1.70. The fraction of sp³-hybridized carbons (Fsp3) is 0.240. The van der Waals surface area contributed by atoms with Crippen molar-refractivity contribution in [1.82, 2.24) is 14.7 Å². The highest BCUT2D eigenvalue weighted by molar-refractivity contribution is 6.16. The number of benzene rings is 2. The van der Waals surface area contributed by atoms with Gasteiger partial charge < -0.3 is 4.90 Å². The van der Waals surface area contributed by atoms with Crippen LogP contribution in [0.15, 0.2) is 54.9 Å². The molecule has 0 aliphatic carbocycles. The second-order valence-electron chi connectivity index (χ2n) is 8.01. The van der Waals surface area contributed by atoms with Crippen molar-refractivity contribution in [2.24, 2.45) is 7.05 Å². The van der Waals surface area contributed by atoms with Crippen LogP contribution in [-0.2, 0) is 17.4 Å². The molecular formula is C25H22F2N4O2. The number of anilines is 1. The van der Waals surface area contributed by atoms with E-state index in [1.807, 2.05) is 6.07 Å². The fourth-order valence-electron chi connectivity index (χ4n) is 4.09. The molecule has 0 saturated carbocycles. The summed E-state index contributed by atoms with van der Waals surface area (Å²) in [6.45, 7) is 3.73. The zero-order valence-corrected chi connectivity index (χ0v) is 18.5. The Kier molecular flexibility index (Phi) is 5.73. The van der Waals surface area contributed by atoms with Crippen molar-refractivity contribution in [2.45, 2.75) is 25.8 Å². The lowest BCUT2D eigenvalue weighted by molar-refractivity contribution is -0.122. The lowest BCUT2D eigenvalue weighted by atomic mass is 9.86. The van der Waals surface area contributed by atoms with Crippen molar-refractivity contribution in [3.8, 4) is 11.8 Å². The van der Waals surface area contributed by atoms with Gasteiger partial charge in [-0.2, -0.15) is 5.10 Å². The van der Waals surface area contributed by atoms with Crippen molar-refractivity contribution in [3.05, 3.63) is 83.2 Å². The summed E-state index contributed by atoms with van der Waals surface area (Å²) in [6.07, 6.45) is 3.16. The molecule has 3 amide bonds. The predicted octanol–water partition coefficient (Wildman–Crippen LogP) is 4.19. The monoisotopic (exact) mass is 448 g/mol. The molecule has 168 valence electrons. The lowest BCUT2D eigenvalue weighted by Gasteiger charge is -2.46. The molecule has 0 spiro atoms. The average Bonchev–Trinajstić information content (AvgIpc) is 3.22. The maximum absolute atomic E-state index is 15.0. The highest BCUT2D eigenvalue weighted by atomic mass is 19.1. The molecule has 0 N–H and O–H groups in total. The zero-order valence-electron chi connectivity index (χ0n) is 18.5. The zero-order chi connectivity index (χ0) is 23.8. The van der Waals surface area contributed by atoms with E-state index in [1.165, 1.54) is 4.90 Å². The smallest absolute Gasteiger partial charge is 0.314 e. The highest BCUT2D eigenvalue weighted by Gasteiger charge is 2.49. The van der Waals surface area contributed by atoms with Crippen molar-refractivity contribution < 1.29 is 18.4 Å². The summed E-state index contributed by atoms with van der Waals surface area (Å²) in [5.41, 5.74) is -0.219. The van der Waals surface area contributed by atoms with E-state index in [0.29, 0.717) is 16.0 Å². The average molecular weight is 448 g/mol. The van der Waals surface area contributed by atoms with Gasteiger partial charge in [0.1, 0.15) is 5.69 Å². The van der Waals surface area contributed by atoms with Crippen LogP contribution in [0.4, 0.5) is 19.3 Å². The van der Waals surface area contributed by atoms with Gasteiger partial charge in [-0.25, -0.2) is 18.5 Å². The number of urea groups is 1. The molecule has 0 radical (unpaired) electrons. The van der Waals surface area contributed by atoms with Gasteiger partial charge >= 0.3 is 6.03 Å². The van der Waals surface area contributed by atoms with E-state index in [9.17, 15) is 9.59 Å². The van der Waals surface area contributed by atoms with E-state index >= 15 is 8.78 Å². The van der Waals surface area contributed by atoms with Crippen LogP contribution in [-0.4, -0.2) is 33.2 Å². The van der Waals surface area contributed by atoms with E-state index in [1.54, 1.807) is 62.2 Å². The Hall–Kier alpha value is -3.99. The Morgan fingerprint density at radius 2 is 1.70 bits per heavy atom. The summed E-state index contributed by atoms with van der Waals surface area (Å²) < 4.78 is 31.6. The standard InChI is InChI=1S/C25H22F2N4O2/c1-4-30-24(33)31(22(32)14-25(30,2)19-15-28-29(3)16-19)23-20(26)12-18(13-21(23)27)11-10-17-8-6-5-7-9-17/h5-9,12-13,15-16H,4,14H2,1-3H3/t25-/m0/s1. The number of aromatic nitrogens is 2. The minimum atomic E-state index is -1.03. The maximum atomic E-state index is 15.0. The van der Waals surface area contributed by atoms with Crippen LogP contribution in [0.2, 0.25) is 0 Å². The molecule has 1 aliphatic heterocycles. The van der Waals surface area contributed by atoms with Crippen LogP contribution in [0.1, 0.15) is 37.0 Å². The van der Waals surface area contributed by atoms with Crippen LogP contribution < -0.4 is 4.90 Å². The molecule has 1 saturated heterocycles.